The van der Waals surface area contributed by atoms with Gasteiger partial charge in [0.1, 0.15) is 18.3 Å². The fraction of sp³-hybridized carbons (Fsp3) is 0.143. The maximum atomic E-state index is 13.0. The van der Waals surface area contributed by atoms with Crippen LogP contribution in [0.25, 0.3) is 16.7 Å². The molecule has 0 aliphatic heterocycles. The summed E-state index contributed by atoms with van der Waals surface area (Å²) in [7, 11) is 0. The molecule has 0 bridgehead atoms. The van der Waals surface area contributed by atoms with Gasteiger partial charge in [-0.15, -0.1) is 0 Å². The Morgan fingerprint density at radius 3 is 2.68 bits per heavy atom. The second-order valence-corrected chi connectivity index (χ2v) is 7.33. The van der Waals surface area contributed by atoms with Crippen molar-refractivity contribution in [2.45, 2.75) is 19.6 Å². The molecule has 0 aliphatic rings. The van der Waals surface area contributed by atoms with Crippen LogP contribution in [-0.2, 0) is 17.5 Å². The summed E-state index contributed by atoms with van der Waals surface area (Å²) in [5.41, 5.74) is -0.986. The van der Waals surface area contributed by atoms with E-state index in [2.05, 4.69) is 15.4 Å². The van der Waals surface area contributed by atoms with Crippen molar-refractivity contribution >= 4 is 28.3 Å². The highest BCUT2D eigenvalue weighted by Gasteiger charge is 2.30. The zero-order valence-corrected chi connectivity index (χ0v) is 17.4. The van der Waals surface area contributed by atoms with Crippen LogP contribution in [0.3, 0.4) is 0 Å². The van der Waals surface area contributed by atoms with Gasteiger partial charge in [-0.05, 0) is 31.2 Å². The van der Waals surface area contributed by atoms with E-state index >= 15 is 0 Å². The number of alkyl halides is 3. The van der Waals surface area contributed by atoms with Crippen molar-refractivity contribution in [1.82, 2.24) is 19.3 Å². The average Bonchev–Trinajstić information content (AvgIpc) is 3.21. The fourth-order valence-corrected chi connectivity index (χ4v) is 3.30. The molecule has 13 heteroatoms. The summed E-state index contributed by atoms with van der Waals surface area (Å²) in [4.78, 5) is 39.8. The minimum atomic E-state index is -4.55. The highest BCUT2D eigenvalue weighted by atomic mass is 19.4. The van der Waals surface area contributed by atoms with Crippen molar-refractivity contribution in [3.63, 3.8) is 0 Å². The number of halogens is 3. The number of aromatic nitrogens is 4. The van der Waals surface area contributed by atoms with E-state index in [1.807, 2.05) is 0 Å². The molecule has 0 saturated heterocycles. The number of hydrogen-bond acceptors (Lipinski definition) is 6. The second-order valence-electron chi connectivity index (χ2n) is 7.33. The lowest BCUT2D eigenvalue weighted by Crippen LogP contribution is -2.27. The predicted octanol–water partition coefficient (Wildman–Crippen LogP) is 3.46. The Hall–Kier alpha value is -4.55. The summed E-state index contributed by atoms with van der Waals surface area (Å²) >= 11 is 0. The Morgan fingerprint density at radius 2 is 1.97 bits per heavy atom. The molecule has 4 aromatic rings. The predicted molar refractivity (Wildman–Crippen MR) is 115 cm³/mol. The Balaban J connectivity index is 1.60. The zero-order valence-electron chi connectivity index (χ0n) is 17.4. The number of nitrogens with one attached hydrogen (secondary N) is 1. The zero-order chi connectivity index (χ0) is 24.6. The van der Waals surface area contributed by atoms with Gasteiger partial charge in [-0.25, -0.2) is 9.67 Å². The van der Waals surface area contributed by atoms with Crippen molar-refractivity contribution < 1.29 is 22.9 Å². The molecule has 34 heavy (non-hydrogen) atoms. The van der Waals surface area contributed by atoms with E-state index in [4.69, 9.17) is 0 Å². The van der Waals surface area contributed by atoms with E-state index in [1.54, 1.807) is 6.92 Å². The van der Waals surface area contributed by atoms with Crippen molar-refractivity contribution in [2.24, 2.45) is 0 Å². The molecule has 0 atom stereocenters. The quantitative estimate of drug-likeness (QED) is 0.350. The molecule has 0 saturated carbocycles. The molecule has 1 amide bonds. The van der Waals surface area contributed by atoms with Crippen LogP contribution in [-0.4, -0.2) is 30.2 Å². The number of nitro groups is 1. The Labute approximate surface area is 188 Å². The lowest BCUT2D eigenvalue weighted by Gasteiger charge is -2.10. The van der Waals surface area contributed by atoms with Gasteiger partial charge in [0.15, 0.2) is 5.65 Å². The fourth-order valence-electron chi connectivity index (χ4n) is 3.30. The van der Waals surface area contributed by atoms with Gasteiger partial charge in [0.2, 0.25) is 5.91 Å². The highest BCUT2D eigenvalue weighted by Crippen LogP contribution is 2.30. The van der Waals surface area contributed by atoms with Crippen molar-refractivity contribution in [1.29, 1.82) is 0 Å². The van der Waals surface area contributed by atoms with E-state index in [0.29, 0.717) is 5.56 Å². The number of fused-ring (bicyclic) bond motifs is 1. The Kier molecular flexibility index (Phi) is 5.61. The van der Waals surface area contributed by atoms with Crippen LogP contribution in [0.2, 0.25) is 0 Å². The largest absolute Gasteiger partial charge is 0.416 e. The first kappa shape index (κ1) is 22.6. The molecule has 0 aliphatic carbocycles. The van der Waals surface area contributed by atoms with Gasteiger partial charge in [0, 0.05) is 17.3 Å². The lowest BCUT2D eigenvalue weighted by molar-refractivity contribution is -0.385. The molecule has 4 rings (SSSR count). The summed E-state index contributed by atoms with van der Waals surface area (Å²) in [5, 5.41) is 17.5. The molecular formula is C21H15F3N6O4. The molecule has 174 valence electrons. The van der Waals surface area contributed by atoms with Crippen LogP contribution in [0.5, 0.6) is 0 Å². The van der Waals surface area contributed by atoms with Crippen LogP contribution in [0, 0.1) is 17.0 Å². The normalized spacial score (nSPS) is 11.5. The minimum absolute atomic E-state index is 0.00122. The van der Waals surface area contributed by atoms with E-state index in [0.717, 1.165) is 33.9 Å². The summed E-state index contributed by atoms with van der Waals surface area (Å²) in [5.74, 6) is -0.633. The molecule has 2 aromatic carbocycles. The number of carbonyl (C=O) groups excluding carboxylic acids is 1. The summed E-state index contributed by atoms with van der Waals surface area (Å²) < 4.78 is 41.2. The monoisotopic (exact) mass is 472 g/mol. The molecule has 0 radical (unpaired) electrons. The second kappa shape index (κ2) is 8.42. The number of rotatable bonds is 5. The van der Waals surface area contributed by atoms with Crippen LogP contribution in [0.1, 0.15) is 11.1 Å². The maximum absolute atomic E-state index is 13.0. The number of nitrogens with zero attached hydrogens (tertiary/aromatic N) is 5. The molecule has 0 fully saturated rings. The number of aryl methyl sites for hydroxylation is 1. The number of amides is 1. The Morgan fingerprint density at radius 1 is 1.21 bits per heavy atom. The van der Waals surface area contributed by atoms with Crippen LogP contribution < -0.4 is 10.9 Å². The maximum Gasteiger partial charge on any atom is 0.416 e. The number of nitro benzene ring substituents is 1. The third kappa shape index (κ3) is 4.35. The van der Waals surface area contributed by atoms with Gasteiger partial charge in [0.05, 0.1) is 22.4 Å². The molecular weight excluding hydrogens is 457 g/mol. The molecule has 0 spiro atoms. The van der Waals surface area contributed by atoms with Gasteiger partial charge in [0.25, 0.3) is 11.2 Å². The number of carbonyl (C=O) groups is 1. The molecule has 2 aromatic heterocycles. The van der Waals surface area contributed by atoms with Crippen LogP contribution >= 0.6 is 0 Å². The standard InChI is InChI=1S/C21H15F3N6O4/c1-12-5-6-14(8-17(12)30(33)34)27-18(31)10-28-11-25-19-16(20(28)32)9-26-29(19)15-4-2-3-13(7-15)21(22,23)24/h2-9,11H,10H2,1H3,(H,27,31). The third-order valence-electron chi connectivity index (χ3n) is 4.98. The van der Waals surface area contributed by atoms with Crippen molar-refractivity contribution in [3.8, 4) is 5.69 Å². The SMILES string of the molecule is Cc1ccc(NC(=O)Cn2cnc3c(cnn3-c3cccc(C(F)(F)F)c3)c2=O)cc1[N+](=O)[O-]. The third-order valence-corrected chi connectivity index (χ3v) is 4.98. The van der Waals surface area contributed by atoms with Gasteiger partial charge in [-0.3, -0.25) is 24.3 Å². The van der Waals surface area contributed by atoms with Gasteiger partial charge >= 0.3 is 6.18 Å². The first-order valence-corrected chi connectivity index (χ1v) is 9.70. The van der Waals surface area contributed by atoms with Crippen molar-refractivity contribution in [2.75, 3.05) is 5.32 Å². The summed E-state index contributed by atoms with van der Waals surface area (Å²) in [6.07, 6.45) is -2.32. The number of hydrogen-bond donors (Lipinski definition) is 1. The Bertz CT molecular complexity index is 1490. The van der Waals surface area contributed by atoms with E-state index in [1.165, 1.54) is 30.3 Å². The lowest BCUT2D eigenvalue weighted by atomic mass is 10.2. The first-order chi connectivity index (χ1) is 16.0. The molecule has 1 N–H and O–H groups in total. The number of benzene rings is 2. The number of anilines is 1. The van der Waals surface area contributed by atoms with E-state index in [-0.39, 0.29) is 28.1 Å². The van der Waals surface area contributed by atoms with Gasteiger partial charge < -0.3 is 5.32 Å². The molecule has 0 unspecified atom stereocenters. The van der Waals surface area contributed by atoms with Crippen molar-refractivity contribution in [3.05, 3.63) is 86.6 Å². The highest BCUT2D eigenvalue weighted by molar-refractivity contribution is 5.91. The van der Waals surface area contributed by atoms with E-state index < -0.39 is 34.7 Å². The van der Waals surface area contributed by atoms with Crippen LogP contribution in [0.4, 0.5) is 24.5 Å². The van der Waals surface area contributed by atoms with Gasteiger partial charge in [-0.1, -0.05) is 12.1 Å². The van der Waals surface area contributed by atoms with E-state index in [9.17, 15) is 32.9 Å². The smallest absolute Gasteiger partial charge is 0.324 e. The summed E-state index contributed by atoms with van der Waals surface area (Å²) in [6.45, 7) is 1.11. The van der Waals surface area contributed by atoms with Crippen LogP contribution in [0.15, 0.2) is 59.8 Å². The first-order valence-electron chi connectivity index (χ1n) is 9.70. The molecule has 10 nitrogen and oxygen atoms in total. The van der Waals surface area contributed by atoms with Gasteiger partial charge in [-0.2, -0.15) is 18.3 Å². The topological polar surface area (TPSA) is 125 Å². The summed E-state index contributed by atoms with van der Waals surface area (Å²) in [6, 6.07) is 8.58. The average molecular weight is 472 g/mol. The minimum Gasteiger partial charge on any atom is -0.324 e. The molecule has 2 heterocycles.